The van der Waals surface area contributed by atoms with Crippen LogP contribution in [-0.2, 0) is 23.9 Å². The van der Waals surface area contributed by atoms with Gasteiger partial charge in [0.1, 0.15) is 30.0 Å². The van der Waals surface area contributed by atoms with Crippen LogP contribution in [0.4, 0.5) is 0 Å². The highest BCUT2D eigenvalue weighted by Crippen LogP contribution is 2.38. The molecule has 0 aromatic rings. The maximum absolute atomic E-state index is 11.8. The van der Waals surface area contributed by atoms with E-state index in [0.29, 0.717) is 0 Å². The molecule has 1 aliphatic heterocycles. The number of aliphatic carboxylic acids is 1. The summed E-state index contributed by atoms with van der Waals surface area (Å²) in [4.78, 5) is 34.8. The lowest BCUT2D eigenvalue weighted by atomic mass is 9.78. The molecule has 0 bridgehead atoms. The number of Topliss-reactive ketones (excluding diaryl/α,β-unsaturated/α-hetero) is 1. The van der Waals surface area contributed by atoms with Crippen molar-refractivity contribution in [2.24, 2.45) is 11.7 Å². The third kappa shape index (κ3) is 3.55. The number of ketones is 1. The minimum atomic E-state index is -2.94. The van der Waals surface area contributed by atoms with Crippen molar-refractivity contribution in [3.63, 3.8) is 0 Å². The average Bonchev–Trinajstić information content (AvgIpc) is 2.48. The molecule has 1 rings (SSSR count). The van der Waals surface area contributed by atoms with Crippen LogP contribution in [0.1, 0.15) is 13.8 Å². The monoisotopic (exact) mass is 351 g/mol. The smallest absolute Gasteiger partial charge is 0.378 e. The largest absolute Gasteiger partial charge is 0.476 e. The molecule has 24 heavy (non-hydrogen) atoms. The van der Waals surface area contributed by atoms with Gasteiger partial charge in [0.15, 0.2) is 0 Å². The molecule has 1 fully saturated rings. The van der Waals surface area contributed by atoms with E-state index in [1.165, 1.54) is 0 Å². The first-order valence-corrected chi connectivity index (χ1v) is 7.01. The van der Waals surface area contributed by atoms with E-state index in [1.54, 1.807) is 0 Å². The van der Waals surface area contributed by atoms with E-state index in [2.05, 4.69) is 4.74 Å². The number of esters is 1. The van der Waals surface area contributed by atoms with Gasteiger partial charge >= 0.3 is 17.7 Å². The molecule has 11 nitrogen and oxygen atoms in total. The van der Waals surface area contributed by atoms with Crippen LogP contribution in [0.5, 0.6) is 0 Å². The zero-order chi connectivity index (χ0) is 18.8. The van der Waals surface area contributed by atoms with E-state index in [-0.39, 0.29) is 0 Å². The van der Waals surface area contributed by atoms with Gasteiger partial charge in [-0.1, -0.05) is 0 Å². The summed E-state index contributed by atoms with van der Waals surface area (Å²) in [5, 5.41) is 48.1. The number of carbonyl (C=O) groups is 3. The number of rotatable bonds is 6. The second-order valence-electron chi connectivity index (χ2n) is 5.55. The Morgan fingerprint density at radius 3 is 2.21 bits per heavy atom. The van der Waals surface area contributed by atoms with Gasteiger partial charge in [-0.25, -0.2) is 4.79 Å². The lowest BCUT2D eigenvalue weighted by Gasteiger charge is -2.48. The maximum Gasteiger partial charge on any atom is 0.378 e. The van der Waals surface area contributed by atoms with Gasteiger partial charge in [-0.3, -0.25) is 9.59 Å². The molecule has 1 saturated heterocycles. The summed E-state index contributed by atoms with van der Waals surface area (Å²) >= 11 is 0. The van der Waals surface area contributed by atoms with Crippen LogP contribution in [-0.4, -0.2) is 86.1 Å². The summed E-state index contributed by atoms with van der Waals surface area (Å²) in [6, 6.07) is -1.50. The Bertz CT molecular complexity index is 511. The minimum Gasteiger partial charge on any atom is -0.476 e. The Morgan fingerprint density at radius 1 is 1.29 bits per heavy atom. The van der Waals surface area contributed by atoms with Gasteiger partial charge in [0.2, 0.25) is 0 Å². The Morgan fingerprint density at radius 2 is 1.83 bits per heavy atom. The Labute approximate surface area is 136 Å². The number of hydrogen-bond acceptors (Lipinski definition) is 10. The van der Waals surface area contributed by atoms with Crippen molar-refractivity contribution >= 4 is 17.7 Å². The Hall–Kier alpha value is -1.63. The van der Waals surface area contributed by atoms with Gasteiger partial charge < -0.3 is 40.7 Å². The summed E-state index contributed by atoms with van der Waals surface area (Å²) < 4.78 is 9.79. The molecule has 0 amide bonds. The van der Waals surface area contributed by atoms with Crippen LogP contribution in [0.15, 0.2) is 0 Å². The van der Waals surface area contributed by atoms with Gasteiger partial charge in [0, 0.05) is 6.92 Å². The topological polar surface area (TPSA) is 197 Å². The second kappa shape index (κ2) is 7.51. The van der Waals surface area contributed by atoms with Crippen LogP contribution in [0.2, 0.25) is 0 Å². The number of ether oxygens (including phenoxy) is 2. The van der Waals surface area contributed by atoms with E-state index in [4.69, 9.17) is 15.6 Å². The maximum atomic E-state index is 11.8. The zero-order valence-corrected chi connectivity index (χ0v) is 13.0. The lowest BCUT2D eigenvalue weighted by Crippen LogP contribution is -2.72. The molecule has 11 heteroatoms. The molecule has 0 spiro atoms. The van der Waals surface area contributed by atoms with Gasteiger partial charge in [0.05, 0.1) is 18.8 Å². The summed E-state index contributed by atoms with van der Waals surface area (Å²) in [5.74, 6) is -8.70. The molecule has 1 heterocycles. The molecule has 0 aromatic carbocycles. The SMILES string of the molecule is CC(=O)OC1(C(=O)O)O[C@@H](C(O)C(O)CO)[C@H](N)[C@@H](O)C1C(C)=O. The molecule has 0 radical (unpaired) electrons. The molecule has 0 saturated carbocycles. The van der Waals surface area contributed by atoms with Crippen molar-refractivity contribution in [1.82, 2.24) is 0 Å². The number of aliphatic hydroxyl groups is 4. The Balaban J connectivity index is 3.41. The number of aliphatic hydroxyl groups excluding tert-OH is 4. The lowest BCUT2D eigenvalue weighted by molar-refractivity contribution is -0.315. The van der Waals surface area contributed by atoms with Crippen LogP contribution >= 0.6 is 0 Å². The summed E-state index contributed by atoms with van der Waals surface area (Å²) in [5.41, 5.74) is 5.68. The standard InChI is InChI=1S/C13H21NO10/c1-4(16)7-10(20)8(14)11(9(19)6(18)3-15)24-13(7,12(21)22)23-5(2)17/h6-11,15,18-20H,3,14H2,1-2H3,(H,21,22)/t6?,7?,8-,9?,10+,11-,13?/m1/s1. The molecule has 7 atom stereocenters. The van der Waals surface area contributed by atoms with Gasteiger partial charge in [0.25, 0.3) is 0 Å². The first kappa shape index (κ1) is 20.4. The fraction of sp³-hybridized carbons (Fsp3) is 0.769. The van der Waals surface area contributed by atoms with E-state index in [1.807, 2.05) is 0 Å². The van der Waals surface area contributed by atoms with Crippen molar-refractivity contribution in [1.29, 1.82) is 0 Å². The fourth-order valence-corrected chi connectivity index (χ4v) is 2.66. The quantitative estimate of drug-likeness (QED) is 0.258. The summed E-state index contributed by atoms with van der Waals surface area (Å²) in [6.45, 7) is 0.901. The molecule has 0 aromatic heterocycles. The van der Waals surface area contributed by atoms with Crippen LogP contribution in [0.25, 0.3) is 0 Å². The molecule has 138 valence electrons. The van der Waals surface area contributed by atoms with Gasteiger partial charge in [-0.2, -0.15) is 0 Å². The number of nitrogens with two attached hydrogens (primary N) is 1. The first-order valence-electron chi connectivity index (χ1n) is 7.01. The molecule has 0 aliphatic carbocycles. The fourth-order valence-electron chi connectivity index (χ4n) is 2.66. The highest BCUT2D eigenvalue weighted by Gasteiger charge is 2.64. The average molecular weight is 351 g/mol. The minimum absolute atomic E-state index is 0.861. The van der Waals surface area contributed by atoms with Crippen molar-refractivity contribution in [3.05, 3.63) is 0 Å². The predicted molar refractivity (Wildman–Crippen MR) is 74.3 cm³/mol. The molecule has 4 unspecified atom stereocenters. The van der Waals surface area contributed by atoms with Crippen molar-refractivity contribution < 1.29 is 49.4 Å². The molecular weight excluding hydrogens is 330 g/mol. The third-order valence-corrected chi connectivity index (χ3v) is 3.79. The highest BCUT2D eigenvalue weighted by atomic mass is 16.7. The molecule has 7 N–H and O–H groups in total. The highest BCUT2D eigenvalue weighted by molar-refractivity contribution is 5.90. The van der Waals surface area contributed by atoms with E-state index >= 15 is 0 Å². The first-order chi connectivity index (χ1) is 11.0. The van der Waals surface area contributed by atoms with Crippen molar-refractivity contribution in [2.45, 2.75) is 50.1 Å². The van der Waals surface area contributed by atoms with Crippen LogP contribution in [0, 0.1) is 5.92 Å². The van der Waals surface area contributed by atoms with E-state index < -0.39 is 66.5 Å². The predicted octanol–water partition coefficient (Wildman–Crippen LogP) is -3.66. The van der Waals surface area contributed by atoms with Crippen LogP contribution in [0.3, 0.4) is 0 Å². The van der Waals surface area contributed by atoms with E-state index in [9.17, 15) is 34.8 Å². The van der Waals surface area contributed by atoms with Crippen molar-refractivity contribution in [2.75, 3.05) is 6.61 Å². The van der Waals surface area contributed by atoms with Gasteiger partial charge in [-0.05, 0) is 6.92 Å². The molecule has 1 aliphatic rings. The summed E-state index contributed by atoms with van der Waals surface area (Å²) in [7, 11) is 0. The van der Waals surface area contributed by atoms with Gasteiger partial charge in [-0.15, -0.1) is 0 Å². The normalized spacial score (nSPS) is 35.8. The summed E-state index contributed by atoms with van der Waals surface area (Å²) in [6.07, 6.45) is -7.29. The number of carboxylic acid groups (broad SMARTS) is 1. The number of carboxylic acids is 1. The van der Waals surface area contributed by atoms with Crippen LogP contribution < -0.4 is 5.73 Å². The zero-order valence-electron chi connectivity index (χ0n) is 13.0. The number of hydrogen-bond donors (Lipinski definition) is 6. The van der Waals surface area contributed by atoms with Crippen molar-refractivity contribution in [3.8, 4) is 0 Å². The Kier molecular flexibility index (Phi) is 6.38. The molecular formula is C13H21NO10. The third-order valence-electron chi connectivity index (χ3n) is 3.79. The number of carbonyl (C=O) groups excluding carboxylic acids is 2. The second-order valence-corrected chi connectivity index (χ2v) is 5.55. The van der Waals surface area contributed by atoms with E-state index in [0.717, 1.165) is 13.8 Å².